The van der Waals surface area contributed by atoms with Gasteiger partial charge >= 0.3 is 0 Å². The van der Waals surface area contributed by atoms with E-state index in [1.54, 1.807) is 12.4 Å². The van der Waals surface area contributed by atoms with Crippen molar-refractivity contribution in [2.45, 2.75) is 13.5 Å². The predicted molar refractivity (Wildman–Crippen MR) is 115 cm³/mol. The molecule has 6 heteroatoms. The van der Waals surface area contributed by atoms with Crippen LogP contribution in [0.4, 0.5) is 11.6 Å². The fourth-order valence-electron chi connectivity index (χ4n) is 3.51. The zero-order valence-corrected chi connectivity index (χ0v) is 16.6. The first-order valence-corrected chi connectivity index (χ1v) is 9.90. The van der Waals surface area contributed by atoms with Crippen molar-refractivity contribution in [1.82, 2.24) is 15.3 Å². The van der Waals surface area contributed by atoms with Gasteiger partial charge in [0.05, 0.1) is 5.56 Å². The van der Waals surface area contributed by atoms with Crippen molar-refractivity contribution in [3.63, 3.8) is 0 Å². The van der Waals surface area contributed by atoms with Crippen LogP contribution in [0.1, 0.15) is 21.5 Å². The molecule has 6 nitrogen and oxygen atoms in total. The average molecular weight is 387 g/mol. The van der Waals surface area contributed by atoms with Crippen molar-refractivity contribution >= 4 is 17.5 Å². The van der Waals surface area contributed by atoms with Gasteiger partial charge in [-0.15, -0.1) is 0 Å². The highest BCUT2D eigenvalue weighted by molar-refractivity contribution is 5.93. The molecule has 3 aromatic rings. The number of rotatable bonds is 5. The molecule has 1 aromatic heterocycles. The summed E-state index contributed by atoms with van der Waals surface area (Å²) in [6.45, 7) is 6.08. The van der Waals surface area contributed by atoms with Crippen LogP contribution in [0.5, 0.6) is 0 Å². The summed E-state index contributed by atoms with van der Waals surface area (Å²) in [4.78, 5) is 25.8. The molecular weight excluding hydrogens is 362 g/mol. The molecule has 148 valence electrons. The molecule has 1 saturated heterocycles. The molecular formula is C23H25N5O. The first-order valence-electron chi connectivity index (χ1n) is 9.90. The van der Waals surface area contributed by atoms with E-state index in [4.69, 9.17) is 0 Å². The van der Waals surface area contributed by atoms with Crippen LogP contribution in [0.15, 0.2) is 67.0 Å². The number of aryl methyl sites for hydroxylation is 1. The molecule has 0 radical (unpaired) electrons. The van der Waals surface area contributed by atoms with Gasteiger partial charge in [-0.05, 0) is 24.6 Å². The fourth-order valence-corrected chi connectivity index (χ4v) is 3.51. The lowest BCUT2D eigenvalue weighted by molar-refractivity contribution is 0.0950. The number of carbonyl (C=O) groups is 1. The lowest BCUT2D eigenvalue weighted by atomic mass is 10.1. The number of piperazine rings is 1. The van der Waals surface area contributed by atoms with Gasteiger partial charge in [0.25, 0.3) is 5.91 Å². The second-order valence-electron chi connectivity index (χ2n) is 7.25. The molecule has 2 heterocycles. The van der Waals surface area contributed by atoms with Crippen molar-refractivity contribution in [3.05, 3.63) is 83.7 Å². The average Bonchev–Trinajstić information content (AvgIpc) is 2.78. The van der Waals surface area contributed by atoms with Crippen molar-refractivity contribution in [3.8, 4) is 0 Å². The van der Waals surface area contributed by atoms with Crippen molar-refractivity contribution < 1.29 is 4.79 Å². The Labute approximate surface area is 171 Å². The standard InChI is InChI=1S/C23H25N5O/c1-18-6-5-7-19(14-18)15-24-22(29)20-16-25-23(26-17-20)28-12-10-27(11-13-28)21-8-3-2-4-9-21/h2-9,14,16-17H,10-13,15H2,1H3,(H,24,29). The van der Waals surface area contributed by atoms with E-state index in [1.165, 1.54) is 11.3 Å². The molecule has 1 aliphatic rings. The quantitative estimate of drug-likeness (QED) is 0.729. The van der Waals surface area contributed by atoms with Crippen LogP contribution in [0.2, 0.25) is 0 Å². The number of amides is 1. The minimum absolute atomic E-state index is 0.160. The summed E-state index contributed by atoms with van der Waals surface area (Å²) in [5.41, 5.74) is 3.97. The summed E-state index contributed by atoms with van der Waals surface area (Å²) in [5, 5.41) is 2.93. The molecule has 1 aliphatic heterocycles. The Bertz CT molecular complexity index is 951. The van der Waals surface area contributed by atoms with E-state index in [2.05, 4.69) is 55.4 Å². The van der Waals surface area contributed by atoms with E-state index in [0.29, 0.717) is 18.1 Å². The molecule has 1 fully saturated rings. The van der Waals surface area contributed by atoms with Gasteiger partial charge in [-0.3, -0.25) is 4.79 Å². The molecule has 2 aromatic carbocycles. The first-order chi connectivity index (χ1) is 14.2. The summed E-state index contributed by atoms with van der Waals surface area (Å²) < 4.78 is 0. The van der Waals surface area contributed by atoms with Crippen molar-refractivity contribution in [1.29, 1.82) is 0 Å². The van der Waals surface area contributed by atoms with E-state index in [1.807, 2.05) is 31.2 Å². The minimum atomic E-state index is -0.160. The lowest BCUT2D eigenvalue weighted by Gasteiger charge is -2.36. The molecule has 0 aliphatic carbocycles. The zero-order chi connectivity index (χ0) is 20.1. The van der Waals surface area contributed by atoms with E-state index in [0.717, 1.165) is 31.7 Å². The number of hydrogen-bond donors (Lipinski definition) is 1. The Morgan fingerprint density at radius 2 is 1.62 bits per heavy atom. The predicted octanol–water partition coefficient (Wildman–Crippen LogP) is 3.04. The van der Waals surface area contributed by atoms with Crippen molar-refractivity contribution in [2.24, 2.45) is 0 Å². The number of para-hydroxylation sites is 1. The topological polar surface area (TPSA) is 61.4 Å². The molecule has 0 saturated carbocycles. The van der Waals surface area contributed by atoms with Gasteiger partial charge in [0.1, 0.15) is 0 Å². The molecule has 29 heavy (non-hydrogen) atoms. The highest BCUT2D eigenvalue weighted by Crippen LogP contribution is 2.17. The van der Waals surface area contributed by atoms with Crippen LogP contribution in [0, 0.1) is 6.92 Å². The number of carbonyl (C=O) groups excluding carboxylic acids is 1. The summed E-state index contributed by atoms with van der Waals surface area (Å²) in [5.74, 6) is 0.514. The van der Waals surface area contributed by atoms with Crippen molar-refractivity contribution in [2.75, 3.05) is 36.0 Å². The number of hydrogen-bond acceptors (Lipinski definition) is 5. The van der Waals surface area contributed by atoms with Crippen LogP contribution >= 0.6 is 0 Å². The summed E-state index contributed by atoms with van der Waals surface area (Å²) >= 11 is 0. The molecule has 0 unspecified atom stereocenters. The van der Waals surface area contributed by atoms with Gasteiger partial charge in [-0.25, -0.2) is 9.97 Å². The number of aromatic nitrogens is 2. The van der Waals surface area contributed by atoms with Gasteiger partial charge in [0.15, 0.2) is 0 Å². The van der Waals surface area contributed by atoms with E-state index < -0.39 is 0 Å². The molecule has 1 amide bonds. The monoisotopic (exact) mass is 387 g/mol. The van der Waals surface area contributed by atoms with Crippen LogP contribution < -0.4 is 15.1 Å². The summed E-state index contributed by atoms with van der Waals surface area (Å²) in [6.07, 6.45) is 3.22. The van der Waals surface area contributed by atoms with E-state index >= 15 is 0 Å². The second-order valence-corrected chi connectivity index (χ2v) is 7.25. The highest BCUT2D eigenvalue weighted by Gasteiger charge is 2.19. The number of anilines is 2. The maximum Gasteiger partial charge on any atom is 0.254 e. The van der Waals surface area contributed by atoms with E-state index in [9.17, 15) is 4.79 Å². The SMILES string of the molecule is Cc1cccc(CNC(=O)c2cnc(N3CCN(c4ccccc4)CC3)nc2)c1. The summed E-state index contributed by atoms with van der Waals surface area (Å²) in [6, 6.07) is 18.5. The van der Waals surface area contributed by atoms with Gasteiger partial charge in [-0.2, -0.15) is 0 Å². The summed E-state index contributed by atoms with van der Waals surface area (Å²) in [7, 11) is 0. The van der Waals surface area contributed by atoms with Gasteiger partial charge < -0.3 is 15.1 Å². The molecule has 4 rings (SSSR count). The molecule has 0 bridgehead atoms. The Morgan fingerprint density at radius 3 is 2.31 bits per heavy atom. The van der Waals surface area contributed by atoms with Crippen LogP contribution in [-0.4, -0.2) is 42.1 Å². The largest absolute Gasteiger partial charge is 0.368 e. The highest BCUT2D eigenvalue weighted by atomic mass is 16.1. The fraction of sp³-hybridized carbons (Fsp3) is 0.261. The maximum atomic E-state index is 12.4. The van der Waals surface area contributed by atoms with E-state index in [-0.39, 0.29) is 5.91 Å². The Morgan fingerprint density at radius 1 is 0.931 bits per heavy atom. The lowest BCUT2D eigenvalue weighted by Crippen LogP contribution is -2.47. The number of nitrogens with one attached hydrogen (secondary N) is 1. The Hall–Kier alpha value is -3.41. The molecule has 0 spiro atoms. The third-order valence-corrected chi connectivity index (χ3v) is 5.12. The molecule has 0 atom stereocenters. The number of benzene rings is 2. The minimum Gasteiger partial charge on any atom is -0.368 e. The number of nitrogens with zero attached hydrogens (tertiary/aromatic N) is 4. The third-order valence-electron chi connectivity index (χ3n) is 5.12. The Kier molecular flexibility index (Phi) is 5.70. The maximum absolute atomic E-state index is 12.4. The second kappa shape index (κ2) is 8.73. The first kappa shape index (κ1) is 18.9. The third kappa shape index (κ3) is 4.71. The van der Waals surface area contributed by atoms with Crippen LogP contribution in [0.25, 0.3) is 0 Å². The zero-order valence-electron chi connectivity index (χ0n) is 16.6. The smallest absolute Gasteiger partial charge is 0.254 e. The van der Waals surface area contributed by atoms with Gasteiger partial charge in [-0.1, -0.05) is 48.0 Å². The Balaban J connectivity index is 1.31. The normalized spacial score (nSPS) is 14.0. The molecule has 1 N–H and O–H groups in total. The van der Waals surface area contributed by atoms with Gasteiger partial charge in [0, 0.05) is 50.8 Å². The van der Waals surface area contributed by atoms with Crippen LogP contribution in [-0.2, 0) is 6.54 Å². The van der Waals surface area contributed by atoms with Crippen LogP contribution in [0.3, 0.4) is 0 Å². The van der Waals surface area contributed by atoms with Gasteiger partial charge in [0.2, 0.25) is 5.95 Å².